The zero-order valence-corrected chi connectivity index (χ0v) is 11.3. The molecule has 0 aromatic heterocycles. The van der Waals surface area contributed by atoms with E-state index < -0.39 is 0 Å². The summed E-state index contributed by atoms with van der Waals surface area (Å²) in [5.41, 5.74) is 4.54. The van der Waals surface area contributed by atoms with Crippen LogP contribution < -0.4 is 5.32 Å². The molecule has 18 heavy (non-hydrogen) atoms. The van der Waals surface area contributed by atoms with Gasteiger partial charge in [0.1, 0.15) is 0 Å². The van der Waals surface area contributed by atoms with Gasteiger partial charge in [0.15, 0.2) is 0 Å². The van der Waals surface area contributed by atoms with E-state index >= 15 is 0 Å². The summed E-state index contributed by atoms with van der Waals surface area (Å²) in [6, 6.07) is 0.468. The third-order valence-corrected chi connectivity index (χ3v) is 4.20. The smallest absolute Gasteiger partial charge is 0.0563 e. The molecule has 3 heteroatoms. The first-order valence-corrected chi connectivity index (χ1v) is 6.92. The van der Waals surface area contributed by atoms with E-state index in [0.29, 0.717) is 12.0 Å². The largest absolute Gasteiger partial charge is 0.384 e. The van der Waals surface area contributed by atoms with Gasteiger partial charge in [0, 0.05) is 44.1 Å². The third-order valence-electron chi connectivity index (χ3n) is 4.20. The quantitative estimate of drug-likeness (QED) is 0.807. The molecular weight excluding hydrogens is 224 g/mol. The average Bonchev–Trinajstić information content (AvgIpc) is 2.55. The molecule has 1 saturated heterocycles. The molecule has 2 unspecified atom stereocenters. The summed E-state index contributed by atoms with van der Waals surface area (Å²) in [5, 5.41) is 3.59. The fourth-order valence-corrected chi connectivity index (χ4v) is 3.31. The van der Waals surface area contributed by atoms with Gasteiger partial charge >= 0.3 is 0 Å². The summed E-state index contributed by atoms with van der Waals surface area (Å²) in [4.78, 5) is 2.42. The number of methoxy groups -OCH3 is 1. The fourth-order valence-electron chi connectivity index (χ4n) is 3.31. The normalized spacial score (nSPS) is 31.0. The molecule has 0 radical (unpaired) electrons. The predicted octanol–water partition coefficient (Wildman–Crippen LogP) is 2.04. The van der Waals surface area contributed by atoms with E-state index in [4.69, 9.17) is 4.74 Å². The van der Waals surface area contributed by atoms with Gasteiger partial charge in [0.2, 0.25) is 0 Å². The van der Waals surface area contributed by atoms with Crippen molar-refractivity contribution in [3.05, 3.63) is 35.2 Å². The van der Waals surface area contributed by atoms with Gasteiger partial charge in [-0.2, -0.15) is 0 Å². The molecular formula is C15H22N2O. The molecule has 98 valence electrons. The molecule has 0 aromatic rings. The van der Waals surface area contributed by atoms with E-state index in [9.17, 15) is 0 Å². The first-order valence-electron chi connectivity index (χ1n) is 6.92. The second kappa shape index (κ2) is 4.90. The summed E-state index contributed by atoms with van der Waals surface area (Å²) in [6.07, 6.45) is 9.32. The van der Waals surface area contributed by atoms with Crippen LogP contribution in [0.15, 0.2) is 35.2 Å². The Bertz CT molecular complexity index is 422. The second-order valence-electron chi connectivity index (χ2n) is 5.34. The van der Waals surface area contributed by atoms with E-state index in [-0.39, 0.29) is 0 Å². The molecule has 3 rings (SSSR count). The Morgan fingerprint density at radius 3 is 3.22 bits per heavy atom. The number of nitrogens with zero attached hydrogens (tertiary/aromatic N) is 1. The molecule has 2 heterocycles. The number of allylic oxidation sites excluding steroid dienone is 1. The number of rotatable bonds is 2. The van der Waals surface area contributed by atoms with E-state index in [1.165, 1.54) is 24.1 Å². The van der Waals surface area contributed by atoms with Crippen LogP contribution in [0.4, 0.5) is 0 Å². The minimum Gasteiger partial charge on any atom is -0.384 e. The Morgan fingerprint density at radius 2 is 2.39 bits per heavy atom. The minimum atomic E-state index is 0.468. The molecule has 3 aliphatic rings. The van der Waals surface area contributed by atoms with Crippen molar-refractivity contribution in [3.8, 4) is 0 Å². The van der Waals surface area contributed by atoms with Crippen LogP contribution >= 0.6 is 0 Å². The van der Waals surface area contributed by atoms with Crippen LogP contribution in [0, 0.1) is 5.92 Å². The molecule has 0 saturated carbocycles. The first-order chi connectivity index (χ1) is 8.81. The van der Waals surface area contributed by atoms with Gasteiger partial charge in [0.05, 0.1) is 6.61 Å². The summed E-state index contributed by atoms with van der Waals surface area (Å²) in [5.74, 6) is 0.468. The topological polar surface area (TPSA) is 24.5 Å². The lowest BCUT2D eigenvalue weighted by atomic mass is 9.83. The van der Waals surface area contributed by atoms with Crippen molar-refractivity contribution in [3.63, 3.8) is 0 Å². The van der Waals surface area contributed by atoms with Gasteiger partial charge in [-0.1, -0.05) is 12.2 Å². The van der Waals surface area contributed by atoms with E-state index in [1.807, 2.05) is 0 Å². The van der Waals surface area contributed by atoms with Crippen LogP contribution in [0.5, 0.6) is 0 Å². The molecule has 0 bridgehead atoms. The number of hydrogen-bond acceptors (Lipinski definition) is 3. The highest BCUT2D eigenvalue weighted by Crippen LogP contribution is 2.38. The average molecular weight is 246 g/mol. The van der Waals surface area contributed by atoms with Gasteiger partial charge in [-0.05, 0) is 30.9 Å². The standard InChI is InChI=1S/C15H22N2O/c1-11-13-4-3-5-14-12(10-18-2)6-8-17(15(13)14)9-7-16-11/h4,6,8,11-12,16H,3,5,7,9-10H2,1-2H3. The Labute approximate surface area is 109 Å². The summed E-state index contributed by atoms with van der Waals surface area (Å²) >= 11 is 0. The highest BCUT2D eigenvalue weighted by Gasteiger charge is 2.31. The highest BCUT2D eigenvalue weighted by atomic mass is 16.5. The number of ether oxygens (including phenoxy) is 1. The summed E-state index contributed by atoms with van der Waals surface area (Å²) in [7, 11) is 1.79. The van der Waals surface area contributed by atoms with Crippen molar-refractivity contribution in [1.82, 2.24) is 10.2 Å². The molecule has 1 aliphatic carbocycles. The Balaban J connectivity index is 2.01. The molecule has 1 N–H and O–H groups in total. The predicted molar refractivity (Wildman–Crippen MR) is 73.0 cm³/mol. The highest BCUT2D eigenvalue weighted by molar-refractivity contribution is 5.46. The maximum atomic E-state index is 5.37. The monoisotopic (exact) mass is 246 g/mol. The molecule has 2 atom stereocenters. The molecule has 0 aromatic carbocycles. The van der Waals surface area contributed by atoms with Crippen LogP contribution in [0.2, 0.25) is 0 Å². The van der Waals surface area contributed by atoms with Crippen LogP contribution in [-0.4, -0.2) is 37.7 Å². The molecule has 3 nitrogen and oxygen atoms in total. The van der Waals surface area contributed by atoms with Crippen molar-refractivity contribution >= 4 is 0 Å². The van der Waals surface area contributed by atoms with Crippen LogP contribution in [0.3, 0.4) is 0 Å². The van der Waals surface area contributed by atoms with E-state index in [1.54, 1.807) is 12.7 Å². The summed E-state index contributed by atoms with van der Waals surface area (Å²) in [6.45, 7) is 5.19. The zero-order chi connectivity index (χ0) is 12.5. The van der Waals surface area contributed by atoms with Gasteiger partial charge < -0.3 is 15.0 Å². The van der Waals surface area contributed by atoms with Gasteiger partial charge in [0.25, 0.3) is 0 Å². The van der Waals surface area contributed by atoms with Crippen molar-refractivity contribution in [2.24, 2.45) is 5.92 Å². The first kappa shape index (κ1) is 12.0. The third kappa shape index (κ3) is 1.91. The summed E-state index contributed by atoms with van der Waals surface area (Å²) < 4.78 is 5.37. The SMILES string of the molecule is COCC1C=CN2CCNC(C)C3=CCCC1=C32. The second-order valence-corrected chi connectivity index (χ2v) is 5.34. The van der Waals surface area contributed by atoms with Crippen LogP contribution in [0.1, 0.15) is 19.8 Å². The molecule has 2 aliphatic heterocycles. The van der Waals surface area contributed by atoms with Crippen molar-refractivity contribution in [1.29, 1.82) is 0 Å². The van der Waals surface area contributed by atoms with E-state index in [2.05, 4.69) is 35.5 Å². The van der Waals surface area contributed by atoms with Crippen molar-refractivity contribution in [2.75, 3.05) is 26.8 Å². The molecule has 0 amide bonds. The van der Waals surface area contributed by atoms with Crippen molar-refractivity contribution < 1.29 is 4.74 Å². The van der Waals surface area contributed by atoms with Crippen LogP contribution in [0.25, 0.3) is 0 Å². The maximum absolute atomic E-state index is 5.37. The van der Waals surface area contributed by atoms with Crippen LogP contribution in [-0.2, 0) is 4.74 Å². The Kier molecular flexibility index (Phi) is 3.27. The number of hydrogen-bond donors (Lipinski definition) is 1. The number of nitrogens with one attached hydrogen (secondary N) is 1. The lowest BCUT2D eigenvalue weighted by Crippen LogP contribution is -2.30. The van der Waals surface area contributed by atoms with Gasteiger partial charge in [-0.25, -0.2) is 0 Å². The molecule has 1 fully saturated rings. The fraction of sp³-hybridized carbons (Fsp3) is 0.600. The van der Waals surface area contributed by atoms with Gasteiger partial charge in [-0.15, -0.1) is 0 Å². The minimum absolute atomic E-state index is 0.468. The zero-order valence-electron chi connectivity index (χ0n) is 11.3. The van der Waals surface area contributed by atoms with Gasteiger partial charge in [-0.3, -0.25) is 0 Å². The molecule has 0 spiro atoms. The lowest BCUT2D eigenvalue weighted by molar-refractivity contribution is 0.176. The lowest BCUT2D eigenvalue weighted by Gasteiger charge is -2.36. The Morgan fingerprint density at radius 1 is 1.50 bits per heavy atom. The maximum Gasteiger partial charge on any atom is 0.0563 e. The van der Waals surface area contributed by atoms with Crippen molar-refractivity contribution in [2.45, 2.75) is 25.8 Å². The Hall–Kier alpha value is -1.06. The van der Waals surface area contributed by atoms with E-state index in [0.717, 1.165) is 19.7 Å².